The van der Waals surface area contributed by atoms with Crippen molar-refractivity contribution in [2.45, 2.75) is 24.4 Å². The molecule has 4 N–H and O–H groups in total. The summed E-state index contributed by atoms with van der Waals surface area (Å²) in [5.74, 6) is 5.53. The van der Waals surface area contributed by atoms with Crippen molar-refractivity contribution in [1.82, 2.24) is 20.9 Å². The fourth-order valence-corrected chi connectivity index (χ4v) is 4.73. The normalized spacial score (nSPS) is 12.8. The van der Waals surface area contributed by atoms with Gasteiger partial charge in [0, 0.05) is 6.54 Å². The van der Waals surface area contributed by atoms with Gasteiger partial charge in [-0.3, -0.25) is 5.21 Å². The average Bonchev–Trinajstić information content (AvgIpc) is 2.77. The van der Waals surface area contributed by atoms with Crippen LogP contribution in [0.2, 0.25) is 0 Å². The molecule has 0 aliphatic rings. The number of benzene rings is 2. The number of hydrazine groups is 2. The minimum Gasteiger partial charge on any atom is -0.481 e. The van der Waals surface area contributed by atoms with Crippen LogP contribution < -0.4 is 20.4 Å². The summed E-state index contributed by atoms with van der Waals surface area (Å²) in [5, 5.41) is 11.1. The Kier molecular flexibility index (Phi) is 9.81. The van der Waals surface area contributed by atoms with Gasteiger partial charge in [0.05, 0.1) is 22.9 Å². The molecular formula is C21H28N4O6S2. The van der Waals surface area contributed by atoms with Crippen LogP contribution in [0.3, 0.4) is 0 Å². The number of sulfonamides is 1. The second kappa shape index (κ2) is 12.1. The first-order valence-electron chi connectivity index (χ1n) is 9.85. The summed E-state index contributed by atoms with van der Waals surface area (Å²) < 4.78 is 56.4. The second-order valence-corrected chi connectivity index (χ2v) is 10.9. The van der Waals surface area contributed by atoms with Gasteiger partial charge in [-0.05, 0) is 49.4 Å². The van der Waals surface area contributed by atoms with Crippen LogP contribution >= 0.6 is 0 Å². The van der Waals surface area contributed by atoms with E-state index in [2.05, 4.69) is 27.5 Å². The topological polar surface area (TPSA) is 137 Å². The van der Waals surface area contributed by atoms with E-state index in [1.54, 1.807) is 43.3 Å². The fraction of sp³-hybridized carbons (Fsp3) is 0.333. The maximum atomic E-state index is 13.1. The molecule has 0 aromatic heterocycles. The molecule has 0 saturated heterocycles. The molecule has 1 unspecified atom stereocenters. The van der Waals surface area contributed by atoms with E-state index in [0.717, 1.165) is 6.26 Å². The van der Waals surface area contributed by atoms with E-state index in [1.807, 2.05) is 0 Å². The molecule has 2 aromatic rings. The van der Waals surface area contributed by atoms with Crippen molar-refractivity contribution < 1.29 is 26.8 Å². The Balaban J connectivity index is 2.22. The molecule has 0 radical (unpaired) electrons. The van der Waals surface area contributed by atoms with Gasteiger partial charge in [0.25, 0.3) is 0 Å². The molecule has 2 aromatic carbocycles. The molecule has 10 nitrogen and oxygen atoms in total. The Hall–Kier alpha value is -2.50. The SMILES string of the molecule is CC#CCOc1ccc(S(=O)(=O)CC(c2ccc(CNS(C)(=O)=O)cc2)N(O)NNC)cc1. The highest BCUT2D eigenvalue weighted by Gasteiger charge is 2.27. The Bertz CT molecular complexity index is 1170. The van der Waals surface area contributed by atoms with Crippen LogP contribution in [0.5, 0.6) is 5.75 Å². The van der Waals surface area contributed by atoms with Gasteiger partial charge >= 0.3 is 0 Å². The third kappa shape index (κ3) is 8.75. The van der Waals surface area contributed by atoms with Gasteiger partial charge in [0.2, 0.25) is 10.0 Å². The van der Waals surface area contributed by atoms with E-state index in [0.29, 0.717) is 22.0 Å². The monoisotopic (exact) mass is 496 g/mol. The number of sulfone groups is 1. The summed E-state index contributed by atoms with van der Waals surface area (Å²) in [6, 6.07) is 11.6. The van der Waals surface area contributed by atoms with Gasteiger partial charge in [-0.1, -0.05) is 30.2 Å². The number of rotatable bonds is 12. The van der Waals surface area contributed by atoms with Crippen LogP contribution in [-0.4, -0.2) is 52.9 Å². The van der Waals surface area contributed by atoms with Crippen molar-refractivity contribution in [2.24, 2.45) is 0 Å². The van der Waals surface area contributed by atoms with Gasteiger partial charge in [0.15, 0.2) is 9.84 Å². The van der Waals surface area contributed by atoms with Crippen LogP contribution in [0.25, 0.3) is 0 Å². The molecule has 180 valence electrons. The molecule has 0 saturated carbocycles. The van der Waals surface area contributed by atoms with E-state index >= 15 is 0 Å². The lowest BCUT2D eigenvalue weighted by Gasteiger charge is -2.26. The first kappa shape index (κ1) is 26.7. The van der Waals surface area contributed by atoms with Crippen molar-refractivity contribution in [2.75, 3.05) is 25.7 Å². The van der Waals surface area contributed by atoms with E-state index in [9.17, 15) is 22.0 Å². The zero-order valence-corrected chi connectivity index (χ0v) is 20.2. The molecule has 33 heavy (non-hydrogen) atoms. The molecule has 0 bridgehead atoms. The third-order valence-corrected chi connectivity index (χ3v) is 6.89. The Morgan fingerprint density at radius 1 is 1.06 bits per heavy atom. The number of nitrogens with one attached hydrogen (secondary N) is 3. The van der Waals surface area contributed by atoms with Crippen LogP contribution in [0.15, 0.2) is 53.4 Å². The molecular weight excluding hydrogens is 468 g/mol. The first-order valence-corrected chi connectivity index (χ1v) is 13.4. The molecule has 0 aliphatic heterocycles. The molecule has 12 heteroatoms. The summed E-state index contributed by atoms with van der Waals surface area (Å²) in [4.78, 5) is 0.0771. The highest BCUT2D eigenvalue weighted by Crippen LogP contribution is 2.25. The number of ether oxygens (including phenoxy) is 1. The van der Waals surface area contributed by atoms with Crippen LogP contribution in [0.4, 0.5) is 0 Å². The molecule has 2 rings (SSSR count). The van der Waals surface area contributed by atoms with E-state index in [1.165, 1.54) is 19.2 Å². The number of nitrogens with zero attached hydrogens (tertiary/aromatic N) is 1. The molecule has 1 atom stereocenters. The van der Waals surface area contributed by atoms with Gasteiger partial charge in [0.1, 0.15) is 12.4 Å². The predicted octanol–water partition coefficient (Wildman–Crippen LogP) is 0.983. The van der Waals surface area contributed by atoms with Crippen molar-refractivity contribution in [1.29, 1.82) is 0 Å². The standard InChI is InChI=1S/C21H28N4O6S2/c1-4-5-14-31-19-10-12-20(13-11-19)33(29,30)16-21(25(26)24-22-2)18-8-6-17(7-9-18)15-23-32(3,27)28/h6-13,21-24,26H,14-16H2,1-3H3. The molecule has 0 fully saturated rings. The molecule has 0 aliphatic carbocycles. The van der Waals surface area contributed by atoms with E-state index < -0.39 is 31.7 Å². The van der Waals surface area contributed by atoms with Crippen molar-refractivity contribution in [3.8, 4) is 17.6 Å². The minimum absolute atomic E-state index is 0.0771. The number of hydrogen-bond acceptors (Lipinski definition) is 9. The summed E-state index contributed by atoms with van der Waals surface area (Å²) >= 11 is 0. The van der Waals surface area contributed by atoms with Gasteiger partial charge in [-0.25, -0.2) is 27.0 Å². The lowest BCUT2D eigenvalue weighted by Crippen LogP contribution is -2.46. The summed E-state index contributed by atoms with van der Waals surface area (Å²) in [7, 11) is -5.62. The summed E-state index contributed by atoms with van der Waals surface area (Å²) in [5.41, 5.74) is 6.20. The van der Waals surface area contributed by atoms with Gasteiger partial charge < -0.3 is 4.74 Å². The minimum atomic E-state index is -3.80. The second-order valence-electron chi connectivity index (χ2n) is 7.03. The zero-order chi connectivity index (χ0) is 24.5. The summed E-state index contributed by atoms with van der Waals surface area (Å²) in [6.45, 7) is 2.00. The highest BCUT2D eigenvalue weighted by molar-refractivity contribution is 7.91. The smallest absolute Gasteiger partial charge is 0.209 e. The maximum absolute atomic E-state index is 13.1. The van der Waals surface area contributed by atoms with Gasteiger partial charge in [-0.15, -0.1) is 11.1 Å². The van der Waals surface area contributed by atoms with Crippen LogP contribution in [-0.2, 0) is 26.4 Å². The molecule has 0 spiro atoms. The number of hydrogen-bond donors (Lipinski definition) is 4. The lowest BCUT2D eigenvalue weighted by molar-refractivity contribution is -0.176. The first-order chi connectivity index (χ1) is 15.6. The molecule has 0 heterocycles. The Morgan fingerprint density at radius 2 is 1.70 bits per heavy atom. The Morgan fingerprint density at radius 3 is 2.24 bits per heavy atom. The van der Waals surface area contributed by atoms with E-state index in [4.69, 9.17) is 4.74 Å². The fourth-order valence-electron chi connectivity index (χ4n) is 2.81. The number of hydroxylamine groups is 1. The van der Waals surface area contributed by atoms with Crippen molar-refractivity contribution in [3.05, 3.63) is 59.7 Å². The van der Waals surface area contributed by atoms with Crippen LogP contribution in [0.1, 0.15) is 24.1 Å². The van der Waals surface area contributed by atoms with Crippen molar-refractivity contribution >= 4 is 19.9 Å². The zero-order valence-electron chi connectivity index (χ0n) is 18.6. The summed E-state index contributed by atoms with van der Waals surface area (Å²) in [6.07, 6.45) is 1.06. The van der Waals surface area contributed by atoms with Crippen LogP contribution in [0, 0.1) is 11.8 Å². The highest BCUT2D eigenvalue weighted by atomic mass is 32.2. The lowest BCUT2D eigenvalue weighted by atomic mass is 10.1. The quantitative estimate of drug-likeness (QED) is 0.250. The van der Waals surface area contributed by atoms with E-state index in [-0.39, 0.29) is 18.0 Å². The van der Waals surface area contributed by atoms with Crippen molar-refractivity contribution in [3.63, 3.8) is 0 Å². The maximum Gasteiger partial charge on any atom is 0.209 e. The predicted molar refractivity (Wildman–Crippen MR) is 124 cm³/mol. The largest absolute Gasteiger partial charge is 0.481 e. The molecule has 0 amide bonds. The third-order valence-electron chi connectivity index (χ3n) is 4.47. The van der Waals surface area contributed by atoms with Gasteiger partial charge in [-0.2, -0.15) is 5.53 Å². The average molecular weight is 497 g/mol. The Labute approximate surface area is 194 Å².